The van der Waals surface area contributed by atoms with Crippen LogP contribution in [-0.4, -0.2) is 16.6 Å². The molecule has 1 N–H and O–H groups in total. The molecule has 4 rings (SSSR count). The van der Waals surface area contributed by atoms with Gasteiger partial charge in [0.25, 0.3) is 0 Å². The third-order valence-corrected chi connectivity index (χ3v) is 3.76. The van der Waals surface area contributed by atoms with Crippen molar-refractivity contribution in [3.8, 4) is 16.9 Å². The number of hydrogen-bond acceptors (Lipinski definition) is 4. The molecule has 0 spiro atoms. The highest BCUT2D eigenvalue weighted by Crippen LogP contribution is 2.39. The van der Waals surface area contributed by atoms with Crippen LogP contribution in [0.5, 0.6) is 5.75 Å². The van der Waals surface area contributed by atoms with Gasteiger partial charge in [0.1, 0.15) is 0 Å². The molecule has 0 bridgehead atoms. The van der Waals surface area contributed by atoms with Crippen LogP contribution >= 0.6 is 0 Å². The van der Waals surface area contributed by atoms with E-state index in [1.54, 1.807) is 12.4 Å². The van der Waals surface area contributed by atoms with E-state index in [2.05, 4.69) is 27.4 Å². The second kappa shape index (κ2) is 5.48. The lowest BCUT2D eigenvalue weighted by Gasteiger charge is -2.12. The molecule has 0 saturated heterocycles. The van der Waals surface area contributed by atoms with E-state index in [1.807, 2.05) is 36.5 Å². The number of rotatable bonds is 3. The van der Waals surface area contributed by atoms with Crippen LogP contribution in [0.15, 0.2) is 61.1 Å². The zero-order chi connectivity index (χ0) is 14.8. The predicted octanol–water partition coefficient (Wildman–Crippen LogP) is 3.82. The molecule has 1 aromatic carbocycles. The average Bonchev–Trinajstić information content (AvgIpc) is 3.07. The maximum absolute atomic E-state index is 5.82. The van der Waals surface area contributed by atoms with Gasteiger partial charge in [-0.1, -0.05) is 30.3 Å². The standard InChI is InChI=1S/C18H15N3O/c1-2-4-13(5-3-1)16-12-20-18(17-15(16)8-11-22-17)21-14-6-9-19-10-7-14/h1-7,9-10,12H,8,11H2,(H,19,20,21). The Morgan fingerprint density at radius 1 is 1.00 bits per heavy atom. The van der Waals surface area contributed by atoms with Gasteiger partial charge in [0.2, 0.25) is 0 Å². The third-order valence-electron chi connectivity index (χ3n) is 3.76. The molecule has 22 heavy (non-hydrogen) atoms. The number of aromatic nitrogens is 2. The van der Waals surface area contributed by atoms with Gasteiger partial charge in [0.05, 0.1) is 6.61 Å². The SMILES string of the molecule is c1ccc(-c2cnc(Nc3ccncc3)c3c2CCO3)cc1. The summed E-state index contributed by atoms with van der Waals surface area (Å²) in [6.07, 6.45) is 6.34. The molecular formula is C18H15N3O. The van der Waals surface area contributed by atoms with Crippen LogP contribution < -0.4 is 10.1 Å². The zero-order valence-corrected chi connectivity index (χ0v) is 12.0. The Morgan fingerprint density at radius 3 is 2.64 bits per heavy atom. The van der Waals surface area contributed by atoms with Gasteiger partial charge in [-0.3, -0.25) is 4.98 Å². The largest absolute Gasteiger partial charge is 0.489 e. The van der Waals surface area contributed by atoms with E-state index in [1.165, 1.54) is 11.1 Å². The molecule has 0 fully saturated rings. The van der Waals surface area contributed by atoms with Gasteiger partial charge < -0.3 is 10.1 Å². The first-order chi connectivity index (χ1) is 10.9. The molecule has 2 aromatic heterocycles. The van der Waals surface area contributed by atoms with E-state index in [4.69, 9.17) is 4.74 Å². The molecule has 4 heteroatoms. The molecule has 108 valence electrons. The molecule has 0 unspecified atom stereocenters. The topological polar surface area (TPSA) is 47.0 Å². The summed E-state index contributed by atoms with van der Waals surface area (Å²) in [4.78, 5) is 8.59. The summed E-state index contributed by atoms with van der Waals surface area (Å²) in [5.74, 6) is 1.62. The first-order valence-electron chi connectivity index (χ1n) is 7.29. The Balaban J connectivity index is 1.76. The Bertz CT molecular complexity index is 788. The quantitative estimate of drug-likeness (QED) is 0.796. The number of ether oxygens (including phenoxy) is 1. The molecule has 4 nitrogen and oxygen atoms in total. The fourth-order valence-corrected chi connectivity index (χ4v) is 2.72. The minimum absolute atomic E-state index is 0.700. The van der Waals surface area contributed by atoms with Gasteiger partial charge in [-0.05, 0) is 17.7 Å². The van der Waals surface area contributed by atoms with E-state index >= 15 is 0 Å². The van der Waals surface area contributed by atoms with Gasteiger partial charge in [-0.15, -0.1) is 0 Å². The summed E-state index contributed by atoms with van der Waals surface area (Å²) in [5, 5.41) is 3.31. The van der Waals surface area contributed by atoms with E-state index in [-0.39, 0.29) is 0 Å². The van der Waals surface area contributed by atoms with Crippen LogP contribution in [0.4, 0.5) is 11.5 Å². The highest BCUT2D eigenvalue weighted by Gasteiger charge is 2.22. The van der Waals surface area contributed by atoms with Gasteiger partial charge >= 0.3 is 0 Å². The summed E-state index contributed by atoms with van der Waals surface area (Å²) >= 11 is 0. The lowest BCUT2D eigenvalue weighted by atomic mass is 10.0. The Labute approximate surface area is 128 Å². The number of pyridine rings is 2. The molecule has 0 radical (unpaired) electrons. The van der Waals surface area contributed by atoms with Gasteiger partial charge in [0.15, 0.2) is 11.6 Å². The van der Waals surface area contributed by atoms with Crippen LogP contribution in [0.3, 0.4) is 0 Å². The molecule has 1 aliphatic heterocycles. The summed E-state index contributed by atoms with van der Waals surface area (Å²) < 4.78 is 5.82. The normalized spacial score (nSPS) is 12.5. The molecule has 3 aromatic rings. The molecule has 1 aliphatic rings. The van der Waals surface area contributed by atoms with E-state index in [0.717, 1.165) is 29.2 Å². The van der Waals surface area contributed by atoms with Crippen LogP contribution in [0.2, 0.25) is 0 Å². The number of benzene rings is 1. The van der Waals surface area contributed by atoms with E-state index < -0.39 is 0 Å². The molecular weight excluding hydrogens is 274 g/mol. The van der Waals surface area contributed by atoms with Gasteiger partial charge in [-0.2, -0.15) is 0 Å². The minimum atomic E-state index is 0.700. The predicted molar refractivity (Wildman–Crippen MR) is 86.4 cm³/mol. The van der Waals surface area contributed by atoms with Crippen molar-refractivity contribution in [1.29, 1.82) is 0 Å². The minimum Gasteiger partial charge on any atom is -0.489 e. The monoisotopic (exact) mass is 289 g/mol. The maximum Gasteiger partial charge on any atom is 0.173 e. The van der Waals surface area contributed by atoms with Crippen molar-refractivity contribution in [2.24, 2.45) is 0 Å². The molecule has 0 saturated carbocycles. The Morgan fingerprint density at radius 2 is 1.82 bits per heavy atom. The lowest BCUT2D eigenvalue weighted by Crippen LogP contribution is -1.98. The van der Waals surface area contributed by atoms with Crippen molar-refractivity contribution in [3.05, 3.63) is 66.6 Å². The fourth-order valence-electron chi connectivity index (χ4n) is 2.72. The Kier molecular flexibility index (Phi) is 3.20. The van der Waals surface area contributed by atoms with Crippen LogP contribution in [0, 0.1) is 0 Å². The zero-order valence-electron chi connectivity index (χ0n) is 12.0. The van der Waals surface area contributed by atoms with Crippen molar-refractivity contribution in [2.45, 2.75) is 6.42 Å². The molecule has 3 heterocycles. The first kappa shape index (κ1) is 12.8. The first-order valence-corrected chi connectivity index (χ1v) is 7.29. The number of nitrogens with one attached hydrogen (secondary N) is 1. The average molecular weight is 289 g/mol. The van der Waals surface area contributed by atoms with Crippen molar-refractivity contribution in [2.75, 3.05) is 11.9 Å². The number of hydrogen-bond donors (Lipinski definition) is 1. The Hall–Kier alpha value is -2.88. The molecule has 0 atom stereocenters. The van der Waals surface area contributed by atoms with Crippen molar-refractivity contribution >= 4 is 11.5 Å². The van der Waals surface area contributed by atoms with Crippen LogP contribution in [0.25, 0.3) is 11.1 Å². The second-order valence-electron chi connectivity index (χ2n) is 5.15. The van der Waals surface area contributed by atoms with Crippen LogP contribution in [0.1, 0.15) is 5.56 Å². The van der Waals surface area contributed by atoms with E-state index in [0.29, 0.717) is 6.61 Å². The van der Waals surface area contributed by atoms with E-state index in [9.17, 15) is 0 Å². The summed E-state index contributed by atoms with van der Waals surface area (Å²) in [7, 11) is 0. The number of nitrogens with zero attached hydrogens (tertiary/aromatic N) is 2. The summed E-state index contributed by atoms with van der Waals surface area (Å²) in [5.41, 5.74) is 4.49. The molecule has 0 amide bonds. The van der Waals surface area contributed by atoms with Crippen molar-refractivity contribution in [1.82, 2.24) is 9.97 Å². The van der Waals surface area contributed by atoms with Crippen LogP contribution in [-0.2, 0) is 6.42 Å². The van der Waals surface area contributed by atoms with Gasteiger partial charge in [-0.25, -0.2) is 4.98 Å². The smallest absolute Gasteiger partial charge is 0.173 e. The number of fused-ring (bicyclic) bond motifs is 1. The summed E-state index contributed by atoms with van der Waals surface area (Å²) in [6.45, 7) is 0.700. The highest BCUT2D eigenvalue weighted by atomic mass is 16.5. The highest BCUT2D eigenvalue weighted by molar-refractivity contribution is 5.75. The van der Waals surface area contributed by atoms with Crippen molar-refractivity contribution < 1.29 is 4.74 Å². The summed E-state index contributed by atoms with van der Waals surface area (Å²) in [6, 6.07) is 14.1. The van der Waals surface area contributed by atoms with Gasteiger partial charge in [0, 0.05) is 41.8 Å². The second-order valence-corrected chi connectivity index (χ2v) is 5.15. The van der Waals surface area contributed by atoms with Crippen molar-refractivity contribution in [3.63, 3.8) is 0 Å². The lowest BCUT2D eigenvalue weighted by molar-refractivity contribution is 0.357. The third kappa shape index (κ3) is 2.29. The number of anilines is 2. The fraction of sp³-hybridized carbons (Fsp3) is 0.111. The maximum atomic E-state index is 5.82. The molecule has 0 aliphatic carbocycles.